The van der Waals surface area contributed by atoms with Crippen molar-refractivity contribution in [3.8, 4) is 0 Å². The van der Waals surface area contributed by atoms with Crippen LogP contribution in [0.15, 0.2) is 23.1 Å². The maximum Gasteiger partial charge on any atom is 0.275 e. The first kappa shape index (κ1) is 5.74. The van der Waals surface area contributed by atoms with Gasteiger partial charge in [-0.25, -0.2) is 0 Å². The summed E-state index contributed by atoms with van der Waals surface area (Å²) in [6.45, 7) is 0. The second-order valence-electron chi connectivity index (χ2n) is 1.22. The number of halogens is 1. The van der Waals surface area contributed by atoms with E-state index in [4.69, 9.17) is 0 Å². The van der Waals surface area contributed by atoms with Gasteiger partial charge in [-0.05, 0) is 6.07 Å². The van der Waals surface area contributed by atoms with Crippen LogP contribution in [-0.4, -0.2) is 7.99 Å². The highest BCUT2D eigenvalue weighted by Crippen LogP contribution is 1.78. The van der Waals surface area contributed by atoms with Crippen LogP contribution in [0.1, 0.15) is 0 Å². The molecule has 1 heterocycles. The lowest BCUT2D eigenvalue weighted by molar-refractivity contribution is 0.957. The van der Waals surface area contributed by atoms with E-state index in [0.717, 1.165) is 0 Å². The van der Waals surface area contributed by atoms with Gasteiger partial charge in [0, 0.05) is 12.3 Å². The summed E-state index contributed by atoms with van der Waals surface area (Å²) in [5.74, 6) is 0. The van der Waals surface area contributed by atoms with E-state index < -0.39 is 0 Å². The van der Waals surface area contributed by atoms with Gasteiger partial charge in [0.25, 0.3) is 5.56 Å². The molecule has 0 fully saturated rings. The van der Waals surface area contributed by atoms with Crippen molar-refractivity contribution in [3.05, 3.63) is 28.7 Å². The topological polar surface area (TPSA) is 34.9 Å². The molecule has 0 amide bonds. The second kappa shape index (κ2) is 2.25. The molecular formula is C4H3IN2O. The van der Waals surface area contributed by atoms with E-state index in [1.807, 2.05) is 22.9 Å². The number of aromatic nitrogens is 2. The van der Waals surface area contributed by atoms with Crippen molar-refractivity contribution in [1.29, 1.82) is 0 Å². The lowest BCUT2D eigenvalue weighted by Crippen LogP contribution is -2.11. The molecule has 0 bridgehead atoms. The van der Waals surface area contributed by atoms with Crippen molar-refractivity contribution in [2.45, 2.75) is 0 Å². The summed E-state index contributed by atoms with van der Waals surface area (Å²) < 4.78 is 1.25. The third kappa shape index (κ3) is 1.06. The third-order valence-corrected chi connectivity index (χ3v) is 1.40. The molecule has 1 aromatic heterocycles. The van der Waals surface area contributed by atoms with Gasteiger partial charge in [0.15, 0.2) is 0 Å². The lowest BCUT2D eigenvalue weighted by atomic mass is 10.6. The predicted molar refractivity (Wildman–Crippen MR) is 37.9 cm³/mol. The first-order valence-electron chi connectivity index (χ1n) is 2.01. The highest BCUT2D eigenvalue weighted by atomic mass is 127. The maximum atomic E-state index is 10.5. The van der Waals surface area contributed by atoms with Gasteiger partial charge in [-0.2, -0.15) is 7.99 Å². The summed E-state index contributed by atoms with van der Waals surface area (Å²) in [4.78, 5) is 10.5. The van der Waals surface area contributed by atoms with Crippen molar-refractivity contribution in [2.24, 2.45) is 0 Å². The zero-order chi connectivity index (χ0) is 5.98. The average Bonchev–Trinajstić information content (AvgIpc) is 1.77. The minimum atomic E-state index is -0.0897. The Morgan fingerprint density at radius 2 is 2.50 bits per heavy atom. The Kier molecular flexibility index (Phi) is 1.62. The molecule has 0 spiro atoms. The second-order valence-corrected chi connectivity index (χ2v) is 2.14. The van der Waals surface area contributed by atoms with E-state index in [2.05, 4.69) is 5.10 Å². The first-order valence-corrected chi connectivity index (χ1v) is 2.98. The van der Waals surface area contributed by atoms with Crippen LogP contribution >= 0.6 is 22.9 Å². The first-order chi connectivity index (χ1) is 3.80. The van der Waals surface area contributed by atoms with Crippen LogP contribution in [0.4, 0.5) is 0 Å². The van der Waals surface area contributed by atoms with Crippen molar-refractivity contribution in [1.82, 2.24) is 7.99 Å². The molecule has 1 rings (SSSR count). The van der Waals surface area contributed by atoms with Crippen molar-refractivity contribution in [3.63, 3.8) is 0 Å². The molecule has 0 aliphatic rings. The van der Waals surface area contributed by atoms with E-state index in [0.29, 0.717) is 0 Å². The summed E-state index contributed by atoms with van der Waals surface area (Å²) in [6, 6.07) is 3.07. The SMILES string of the molecule is O=c1cccnn1I. The smallest absolute Gasteiger partial charge is 0.267 e. The summed E-state index contributed by atoms with van der Waals surface area (Å²) >= 11 is 1.82. The lowest BCUT2D eigenvalue weighted by Gasteiger charge is -1.84. The third-order valence-electron chi connectivity index (χ3n) is 0.675. The molecule has 0 aliphatic heterocycles. The Morgan fingerprint density at radius 3 is 2.88 bits per heavy atom. The van der Waals surface area contributed by atoms with Crippen LogP contribution in [-0.2, 0) is 0 Å². The molecule has 0 saturated carbocycles. The van der Waals surface area contributed by atoms with Gasteiger partial charge in [-0.15, -0.1) is 0 Å². The van der Waals surface area contributed by atoms with E-state index in [9.17, 15) is 4.79 Å². The van der Waals surface area contributed by atoms with Gasteiger partial charge in [0.1, 0.15) is 0 Å². The zero-order valence-electron chi connectivity index (χ0n) is 3.91. The molecule has 0 aromatic carbocycles. The fourth-order valence-electron chi connectivity index (χ4n) is 0.341. The number of hydrogen-bond acceptors (Lipinski definition) is 2. The van der Waals surface area contributed by atoms with Crippen molar-refractivity contribution in [2.75, 3.05) is 0 Å². The number of hydrogen-bond donors (Lipinski definition) is 0. The molecule has 0 atom stereocenters. The van der Waals surface area contributed by atoms with E-state index in [1.54, 1.807) is 12.3 Å². The normalized spacial score (nSPS) is 9.12. The molecule has 42 valence electrons. The van der Waals surface area contributed by atoms with Gasteiger partial charge in [-0.3, -0.25) is 4.79 Å². The molecule has 0 unspecified atom stereocenters. The van der Waals surface area contributed by atoms with Gasteiger partial charge in [-0.1, -0.05) is 0 Å². The minimum absolute atomic E-state index is 0.0897. The quantitative estimate of drug-likeness (QED) is 0.597. The molecule has 1 aromatic rings. The predicted octanol–water partition coefficient (Wildman–Crippen LogP) is 0.441. The summed E-state index contributed by atoms with van der Waals surface area (Å²) in [5, 5.41) is 3.67. The monoisotopic (exact) mass is 222 g/mol. The summed E-state index contributed by atoms with van der Waals surface area (Å²) in [5.41, 5.74) is -0.0897. The zero-order valence-corrected chi connectivity index (χ0v) is 6.07. The average molecular weight is 222 g/mol. The summed E-state index contributed by atoms with van der Waals surface area (Å²) in [7, 11) is 0. The molecule has 3 nitrogen and oxygen atoms in total. The van der Waals surface area contributed by atoms with Crippen LogP contribution in [0.3, 0.4) is 0 Å². The van der Waals surface area contributed by atoms with Crippen LogP contribution < -0.4 is 5.56 Å². The van der Waals surface area contributed by atoms with Crippen LogP contribution in [0, 0.1) is 0 Å². The molecule has 0 N–H and O–H groups in total. The summed E-state index contributed by atoms with van der Waals surface area (Å²) in [6.07, 6.45) is 1.56. The van der Waals surface area contributed by atoms with Crippen LogP contribution in [0.25, 0.3) is 0 Å². The molecule has 0 aliphatic carbocycles. The highest BCUT2D eigenvalue weighted by Gasteiger charge is 1.83. The number of nitrogens with zero attached hydrogens (tertiary/aromatic N) is 2. The minimum Gasteiger partial charge on any atom is -0.267 e. The van der Waals surface area contributed by atoms with Crippen molar-refractivity contribution < 1.29 is 0 Å². The van der Waals surface area contributed by atoms with Gasteiger partial charge in [0.05, 0.1) is 22.9 Å². The van der Waals surface area contributed by atoms with Crippen LogP contribution in [0.2, 0.25) is 0 Å². The molecule has 0 radical (unpaired) electrons. The fourth-order valence-corrected chi connectivity index (χ4v) is 0.645. The Morgan fingerprint density at radius 1 is 1.75 bits per heavy atom. The van der Waals surface area contributed by atoms with E-state index in [-0.39, 0.29) is 5.56 Å². The van der Waals surface area contributed by atoms with E-state index in [1.165, 1.54) is 8.96 Å². The molecule has 4 heteroatoms. The maximum absolute atomic E-state index is 10.5. The van der Waals surface area contributed by atoms with Crippen LogP contribution in [0.5, 0.6) is 0 Å². The highest BCUT2D eigenvalue weighted by molar-refractivity contribution is 14.1. The standard InChI is InChI=1S/C4H3IN2O/c5-7-4(8)2-1-3-6-7/h1-3H. The molecular weight excluding hydrogens is 219 g/mol. The molecule has 8 heavy (non-hydrogen) atoms. The Hall–Kier alpha value is -0.390. The van der Waals surface area contributed by atoms with Gasteiger partial charge in [0.2, 0.25) is 0 Å². The van der Waals surface area contributed by atoms with E-state index >= 15 is 0 Å². The fraction of sp³-hybridized carbons (Fsp3) is 0. The van der Waals surface area contributed by atoms with Gasteiger partial charge < -0.3 is 0 Å². The van der Waals surface area contributed by atoms with Gasteiger partial charge >= 0.3 is 0 Å². The number of rotatable bonds is 0. The van der Waals surface area contributed by atoms with Crippen molar-refractivity contribution >= 4 is 22.9 Å². The Labute approximate surface area is 59.8 Å². The Balaban J connectivity index is 3.35. The largest absolute Gasteiger partial charge is 0.275 e. The Bertz CT molecular complexity index is 231. The molecule has 0 saturated heterocycles.